The molecule has 6 atom stereocenters. The van der Waals surface area contributed by atoms with E-state index in [0.29, 0.717) is 24.9 Å². The van der Waals surface area contributed by atoms with Crippen LogP contribution in [0.1, 0.15) is 89.8 Å². The number of amides is 1. The first kappa shape index (κ1) is 22.8. The van der Waals surface area contributed by atoms with Gasteiger partial charge >= 0.3 is 0 Å². The average Bonchev–Trinajstić information content (AvgIpc) is 3.55. The van der Waals surface area contributed by atoms with Crippen LogP contribution in [0.4, 0.5) is 0 Å². The van der Waals surface area contributed by atoms with Crippen molar-refractivity contribution in [3.8, 4) is 6.07 Å². The number of aromatic amines is 1. The summed E-state index contributed by atoms with van der Waals surface area (Å²) in [5.74, 6) is 3.68. The van der Waals surface area contributed by atoms with E-state index in [1.165, 1.54) is 57.8 Å². The molecule has 1 aromatic heterocycles. The van der Waals surface area contributed by atoms with Gasteiger partial charge in [-0.15, -0.1) is 10.2 Å². The lowest BCUT2D eigenvalue weighted by atomic mass is 9.46. The third-order valence-electron chi connectivity index (χ3n) is 9.48. The number of tetrazole rings is 1. The van der Waals surface area contributed by atoms with E-state index in [2.05, 4.69) is 38.9 Å². The number of aromatic nitrogens is 4. The zero-order valence-electron chi connectivity index (χ0n) is 20.0. The molecule has 4 fully saturated rings. The normalized spacial score (nSPS) is 37.1. The lowest BCUT2D eigenvalue weighted by molar-refractivity contribution is -0.130. The summed E-state index contributed by atoms with van der Waals surface area (Å²) in [6.07, 6.45) is 14.5. The summed E-state index contributed by atoms with van der Waals surface area (Å²) in [7, 11) is 0. The number of rotatable bonds is 6. The highest BCUT2D eigenvalue weighted by Gasteiger charge is 2.58. The molecule has 4 aliphatic rings. The third kappa shape index (κ3) is 4.18. The van der Waals surface area contributed by atoms with E-state index in [0.717, 1.165) is 36.9 Å². The summed E-state index contributed by atoms with van der Waals surface area (Å²) in [4.78, 5) is 14.6. The summed E-state index contributed by atoms with van der Waals surface area (Å²) >= 11 is 0. The number of hydrogen-bond donors (Lipinski definition) is 2. The van der Waals surface area contributed by atoms with Crippen LogP contribution in [0.5, 0.6) is 0 Å². The van der Waals surface area contributed by atoms with Gasteiger partial charge in [-0.1, -0.05) is 43.7 Å². The first-order chi connectivity index (χ1) is 16.1. The molecule has 1 aromatic rings. The first-order valence-corrected chi connectivity index (χ1v) is 13.3. The lowest BCUT2D eigenvalue weighted by Gasteiger charge is -2.58. The maximum absolute atomic E-state index is 12.8. The zero-order valence-corrected chi connectivity index (χ0v) is 20.0. The zero-order chi connectivity index (χ0) is 22.8. The first-order valence-electron chi connectivity index (χ1n) is 13.3. The summed E-state index contributed by atoms with van der Waals surface area (Å²) in [5.41, 5.74) is -0.0697. The Morgan fingerprint density at radius 1 is 1.15 bits per heavy atom. The molecule has 2 N–H and O–H groups in total. The molecule has 3 saturated carbocycles. The van der Waals surface area contributed by atoms with Crippen LogP contribution in [0.3, 0.4) is 0 Å². The molecule has 3 aliphatic carbocycles. The minimum absolute atomic E-state index is 0.0502. The van der Waals surface area contributed by atoms with Gasteiger partial charge in [-0.3, -0.25) is 4.79 Å². The molecule has 180 valence electrons. The fourth-order valence-corrected chi connectivity index (χ4v) is 8.23. The molecule has 0 radical (unpaired) electrons. The van der Waals surface area contributed by atoms with Gasteiger partial charge < -0.3 is 10.2 Å². The maximum atomic E-state index is 12.8. The molecule has 8 nitrogen and oxygen atoms in total. The van der Waals surface area contributed by atoms with E-state index in [4.69, 9.17) is 0 Å². The van der Waals surface area contributed by atoms with Gasteiger partial charge in [0.15, 0.2) is 5.82 Å². The van der Waals surface area contributed by atoms with Crippen LogP contribution >= 0.6 is 0 Å². The van der Waals surface area contributed by atoms with Crippen molar-refractivity contribution in [3.63, 3.8) is 0 Å². The molecule has 1 saturated heterocycles. The predicted molar refractivity (Wildman–Crippen MR) is 124 cm³/mol. The minimum Gasteiger partial charge on any atom is -0.326 e. The van der Waals surface area contributed by atoms with Gasteiger partial charge in [0.1, 0.15) is 6.04 Å². The lowest BCUT2D eigenvalue weighted by Crippen LogP contribution is -2.57. The van der Waals surface area contributed by atoms with Crippen molar-refractivity contribution in [3.05, 3.63) is 5.82 Å². The summed E-state index contributed by atoms with van der Waals surface area (Å²) in [6, 6.07) is 2.19. The van der Waals surface area contributed by atoms with E-state index < -0.39 is 0 Å². The highest BCUT2D eigenvalue weighted by atomic mass is 16.2. The Hall–Kier alpha value is -2.01. The molecule has 0 spiro atoms. The van der Waals surface area contributed by atoms with Gasteiger partial charge in [-0.2, -0.15) is 10.5 Å². The third-order valence-corrected chi connectivity index (χ3v) is 9.48. The van der Waals surface area contributed by atoms with E-state index in [9.17, 15) is 10.1 Å². The minimum atomic E-state index is -0.260. The molecular formula is C25H39N7O. The molecule has 4 unspecified atom stereocenters. The second-order valence-corrected chi connectivity index (χ2v) is 11.2. The van der Waals surface area contributed by atoms with E-state index in [1.807, 2.05) is 0 Å². The number of nitriles is 1. The quantitative estimate of drug-likeness (QED) is 0.683. The number of fused-ring (bicyclic) bond motifs is 2. The SMILES string of the molecule is C[C@H](CC1(c2nn[nH]n2)C2CCCCC2CC2CCCCC21)NCC(=O)N1CCC[C@H]1C#N. The summed E-state index contributed by atoms with van der Waals surface area (Å²) in [6.45, 7) is 3.21. The molecule has 8 heteroatoms. The van der Waals surface area contributed by atoms with Crippen LogP contribution < -0.4 is 5.32 Å². The number of carbonyl (C=O) groups is 1. The monoisotopic (exact) mass is 453 g/mol. The van der Waals surface area contributed by atoms with Gasteiger partial charge in [-0.25, -0.2) is 0 Å². The molecule has 0 bridgehead atoms. The van der Waals surface area contributed by atoms with Crippen LogP contribution in [-0.4, -0.2) is 56.6 Å². The van der Waals surface area contributed by atoms with Crippen molar-refractivity contribution in [2.45, 2.75) is 101 Å². The van der Waals surface area contributed by atoms with Crippen molar-refractivity contribution >= 4 is 5.91 Å². The van der Waals surface area contributed by atoms with Crippen molar-refractivity contribution in [1.29, 1.82) is 5.26 Å². The van der Waals surface area contributed by atoms with Crippen molar-refractivity contribution in [1.82, 2.24) is 30.8 Å². The second-order valence-electron chi connectivity index (χ2n) is 11.2. The van der Waals surface area contributed by atoms with Crippen molar-refractivity contribution in [2.75, 3.05) is 13.1 Å². The predicted octanol–water partition coefficient (Wildman–Crippen LogP) is 3.34. The van der Waals surface area contributed by atoms with Gasteiger partial charge in [0.25, 0.3) is 0 Å². The van der Waals surface area contributed by atoms with Gasteiger partial charge in [0, 0.05) is 18.0 Å². The number of hydrogen-bond acceptors (Lipinski definition) is 6. The Bertz CT molecular complexity index is 827. The molecular weight excluding hydrogens is 414 g/mol. The van der Waals surface area contributed by atoms with Crippen LogP contribution in [0.2, 0.25) is 0 Å². The Morgan fingerprint density at radius 2 is 1.85 bits per heavy atom. The summed E-state index contributed by atoms with van der Waals surface area (Å²) < 4.78 is 0. The maximum Gasteiger partial charge on any atom is 0.237 e. The number of nitrogens with one attached hydrogen (secondary N) is 2. The fraction of sp³-hybridized carbons (Fsp3) is 0.880. The smallest absolute Gasteiger partial charge is 0.237 e. The topological polar surface area (TPSA) is 111 Å². The molecule has 5 rings (SSSR count). The Balaban J connectivity index is 1.38. The second kappa shape index (κ2) is 9.69. The van der Waals surface area contributed by atoms with Crippen LogP contribution in [0.25, 0.3) is 0 Å². The Labute approximate surface area is 197 Å². The van der Waals surface area contributed by atoms with Crippen molar-refractivity contribution in [2.24, 2.45) is 23.7 Å². The van der Waals surface area contributed by atoms with E-state index in [1.54, 1.807) is 4.90 Å². The van der Waals surface area contributed by atoms with E-state index >= 15 is 0 Å². The fourth-order valence-electron chi connectivity index (χ4n) is 8.23. The summed E-state index contributed by atoms with van der Waals surface area (Å²) in [5, 5.41) is 29.0. The molecule has 33 heavy (non-hydrogen) atoms. The van der Waals surface area contributed by atoms with Crippen LogP contribution in [0, 0.1) is 35.0 Å². The van der Waals surface area contributed by atoms with Gasteiger partial charge in [0.05, 0.1) is 12.6 Å². The molecule has 1 amide bonds. The molecule has 1 aliphatic heterocycles. The Kier molecular flexibility index (Phi) is 6.69. The average molecular weight is 454 g/mol. The number of nitrogens with zero attached hydrogens (tertiary/aromatic N) is 5. The highest BCUT2D eigenvalue weighted by molar-refractivity contribution is 5.79. The molecule has 2 heterocycles. The number of carbonyl (C=O) groups excluding carboxylic acids is 1. The largest absolute Gasteiger partial charge is 0.326 e. The standard InChI is InChI=1S/C25H39N7O/c1-17(27-16-23(33)32-12-6-9-20(32)15-26)14-25(24-28-30-31-29-24)21-10-4-2-7-18(21)13-19-8-3-5-11-22(19)25/h17-22,27H,2-14,16H2,1H3,(H,28,29,30,31)/t17-,18?,19?,20+,21?,22?,25?/m1/s1. The van der Waals surface area contributed by atoms with Crippen LogP contribution in [0.15, 0.2) is 0 Å². The molecule has 0 aromatic carbocycles. The highest BCUT2D eigenvalue weighted by Crippen LogP contribution is 2.61. The van der Waals surface area contributed by atoms with Gasteiger partial charge in [-0.05, 0) is 69.1 Å². The van der Waals surface area contributed by atoms with E-state index in [-0.39, 0.29) is 23.4 Å². The number of H-pyrrole nitrogens is 1. The van der Waals surface area contributed by atoms with Crippen molar-refractivity contribution < 1.29 is 4.79 Å². The Morgan fingerprint density at radius 3 is 2.48 bits per heavy atom. The van der Waals surface area contributed by atoms with Gasteiger partial charge in [0.2, 0.25) is 5.91 Å². The van der Waals surface area contributed by atoms with Crippen LogP contribution in [-0.2, 0) is 10.2 Å². The number of likely N-dealkylation sites (tertiary alicyclic amines) is 1.